The fourth-order valence-corrected chi connectivity index (χ4v) is 4.25. The number of aromatic nitrogens is 4. The Morgan fingerprint density at radius 1 is 1.17 bits per heavy atom. The molecule has 0 amide bonds. The van der Waals surface area contributed by atoms with E-state index in [1.54, 1.807) is 4.90 Å². The van der Waals surface area contributed by atoms with Crippen LogP contribution in [0.15, 0.2) is 32.3 Å². The van der Waals surface area contributed by atoms with E-state index in [-0.39, 0.29) is 11.4 Å². The van der Waals surface area contributed by atoms with Gasteiger partial charge in [-0.25, -0.2) is 17.9 Å². The summed E-state index contributed by atoms with van der Waals surface area (Å²) in [6.07, 6.45) is 2.15. The topological polar surface area (TPSA) is 126 Å². The van der Waals surface area contributed by atoms with E-state index in [2.05, 4.69) is 24.6 Å². The van der Waals surface area contributed by atoms with E-state index in [0.29, 0.717) is 28.8 Å². The van der Waals surface area contributed by atoms with Crippen LogP contribution >= 0.6 is 0 Å². The summed E-state index contributed by atoms with van der Waals surface area (Å²) in [6, 6.07) is 4.25. The molecule has 0 spiro atoms. The first-order valence-corrected chi connectivity index (χ1v) is 11.0. The second-order valence-corrected chi connectivity index (χ2v) is 9.09. The number of nitrogens with zero attached hydrogens (tertiary/aromatic N) is 6. The summed E-state index contributed by atoms with van der Waals surface area (Å²) in [4.78, 5) is 28.8. The van der Waals surface area contributed by atoms with Gasteiger partial charge in [0.05, 0.1) is 17.0 Å². The second-order valence-electron chi connectivity index (χ2n) is 7.32. The van der Waals surface area contributed by atoms with Gasteiger partial charge in [0.1, 0.15) is 0 Å². The maximum Gasteiger partial charge on any atom is 0.419 e. The van der Waals surface area contributed by atoms with Gasteiger partial charge in [-0.15, -0.1) is 0 Å². The first-order chi connectivity index (χ1) is 14.2. The van der Waals surface area contributed by atoms with Crippen molar-refractivity contribution in [3.63, 3.8) is 0 Å². The largest absolute Gasteiger partial charge is 0.419 e. The Labute approximate surface area is 173 Å². The molecular weight excluding hydrogens is 410 g/mol. The third kappa shape index (κ3) is 3.87. The van der Waals surface area contributed by atoms with Gasteiger partial charge in [0.2, 0.25) is 21.9 Å². The number of nitrogens with one attached hydrogen (secondary N) is 1. The molecule has 0 aliphatic carbocycles. The van der Waals surface area contributed by atoms with Crippen LogP contribution < -0.4 is 20.3 Å². The average Bonchev–Trinajstić information content (AvgIpc) is 3.35. The number of hydrogen-bond acceptors (Lipinski definition) is 9. The fraction of sp³-hybridized carbons (Fsp3) is 0.444. The van der Waals surface area contributed by atoms with Gasteiger partial charge >= 0.3 is 5.76 Å². The van der Waals surface area contributed by atoms with Crippen molar-refractivity contribution < 1.29 is 12.8 Å². The monoisotopic (exact) mass is 433 g/mol. The molecule has 1 aliphatic heterocycles. The number of oxazole rings is 1. The van der Waals surface area contributed by atoms with Crippen LogP contribution in [0.4, 0.5) is 11.9 Å². The zero-order valence-corrected chi connectivity index (χ0v) is 17.8. The van der Waals surface area contributed by atoms with Crippen LogP contribution in [0.1, 0.15) is 18.7 Å². The lowest BCUT2D eigenvalue weighted by atomic mass is 10.3. The predicted molar refractivity (Wildman–Crippen MR) is 111 cm³/mol. The van der Waals surface area contributed by atoms with Crippen LogP contribution in [0.2, 0.25) is 0 Å². The van der Waals surface area contributed by atoms with Gasteiger partial charge < -0.3 is 14.2 Å². The van der Waals surface area contributed by atoms with Gasteiger partial charge in [0, 0.05) is 34.2 Å². The zero-order chi connectivity index (χ0) is 21.5. The molecule has 0 radical (unpaired) electrons. The summed E-state index contributed by atoms with van der Waals surface area (Å²) in [7, 11) is 1.30. The normalized spacial score (nSPS) is 14.6. The number of aryl methyl sites for hydroxylation is 1. The Morgan fingerprint density at radius 3 is 2.60 bits per heavy atom. The quantitative estimate of drug-likeness (QED) is 0.590. The highest BCUT2D eigenvalue weighted by Crippen LogP contribution is 2.20. The van der Waals surface area contributed by atoms with Crippen LogP contribution in [0.3, 0.4) is 0 Å². The number of benzene rings is 1. The molecule has 1 aromatic carbocycles. The van der Waals surface area contributed by atoms with Crippen molar-refractivity contribution in [2.45, 2.75) is 24.3 Å². The number of sulfonamides is 1. The summed E-state index contributed by atoms with van der Waals surface area (Å²) >= 11 is 0. The molecule has 12 heteroatoms. The van der Waals surface area contributed by atoms with Crippen molar-refractivity contribution in [2.75, 3.05) is 37.0 Å². The summed E-state index contributed by atoms with van der Waals surface area (Å²) in [5.41, 5.74) is 0.721. The Balaban J connectivity index is 1.60. The lowest BCUT2D eigenvalue weighted by Crippen LogP contribution is -2.27. The maximum absolute atomic E-state index is 12.8. The van der Waals surface area contributed by atoms with Gasteiger partial charge in [-0.1, -0.05) is 0 Å². The molecule has 3 heterocycles. The van der Waals surface area contributed by atoms with E-state index in [4.69, 9.17) is 4.42 Å². The molecule has 1 saturated heterocycles. The highest BCUT2D eigenvalue weighted by molar-refractivity contribution is 7.89. The number of fused-ring (bicyclic) bond motifs is 1. The molecule has 2 aromatic heterocycles. The molecule has 160 valence electrons. The van der Waals surface area contributed by atoms with Crippen LogP contribution in [0, 0.1) is 0 Å². The van der Waals surface area contributed by atoms with Gasteiger partial charge in [0.25, 0.3) is 0 Å². The summed E-state index contributed by atoms with van der Waals surface area (Å²) in [6.45, 7) is 1.64. The molecule has 0 saturated carbocycles. The van der Waals surface area contributed by atoms with Gasteiger partial charge in [-0.2, -0.15) is 15.0 Å². The maximum atomic E-state index is 12.8. The molecule has 1 N–H and O–H groups in total. The third-order valence-corrected chi connectivity index (χ3v) is 6.34. The number of hydrogen-bond donors (Lipinski definition) is 1. The average molecular weight is 433 g/mol. The first-order valence-electron chi connectivity index (χ1n) is 9.51. The van der Waals surface area contributed by atoms with Gasteiger partial charge in [0.15, 0.2) is 11.4 Å². The molecule has 4 rings (SSSR count). The van der Waals surface area contributed by atoms with Crippen LogP contribution in [-0.2, 0) is 23.6 Å². The minimum atomic E-state index is -3.86. The van der Waals surface area contributed by atoms with Gasteiger partial charge in [-0.3, -0.25) is 4.57 Å². The van der Waals surface area contributed by atoms with Crippen molar-refractivity contribution >= 4 is 33.0 Å². The highest BCUT2D eigenvalue weighted by Gasteiger charge is 2.20. The minimum Gasteiger partial charge on any atom is -0.408 e. The summed E-state index contributed by atoms with van der Waals surface area (Å²) < 4.78 is 34.4. The number of rotatable bonds is 6. The zero-order valence-electron chi connectivity index (χ0n) is 17.0. The van der Waals surface area contributed by atoms with Crippen molar-refractivity contribution in [2.24, 2.45) is 7.05 Å². The highest BCUT2D eigenvalue weighted by atomic mass is 32.2. The summed E-state index contributed by atoms with van der Waals surface area (Å²) in [5, 5.41) is 0. The fourth-order valence-electron chi connectivity index (χ4n) is 3.25. The van der Waals surface area contributed by atoms with Crippen LogP contribution in [0.5, 0.6) is 0 Å². The molecular formula is C18H23N7O4S. The molecule has 0 atom stereocenters. The van der Waals surface area contributed by atoms with Crippen LogP contribution in [-0.4, -0.2) is 55.1 Å². The predicted octanol–water partition coefficient (Wildman–Crippen LogP) is 0.461. The Morgan fingerprint density at radius 2 is 1.90 bits per heavy atom. The van der Waals surface area contributed by atoms with Gasteiger partial charge in [-0.05, 0) is 31.0 Å². The van der Waals surface area contributed by atoms with Crippen molar-refractivity contribution in [1.29, 1.82) is 0 Å². The molecule has 11 nitrogen and oxygen atoms in total. The van der Waals surface area contributed by atoms with Crippen molar-refractivity contribution in [1.82, 2.24) is 24.2 Å². The van der Waals surface area contributed by atoms with E-state index in [0.717, 1.165) is 25.9 Å². The van der Waals surface area contributed by atoms with E-state index in [9.17, 15) is 13.2 Å². The van der Waals surface area contributed by atoms with E-state index >= 15 is 0 Å². The van der Waals surface area contributed by atoms with E-state index in [1.165, 1.54) is 29.8 Å². The van der Waals surface area contributed by atoms with Crippen molar-refractivity contribution in [3.05, 3.63) is 34.6 Å². The third-order valence-electron chi connectivity index (χ3n) is 4.94. The lowest BCUT2D eigenvalue weighted by Gasteiger charge is -2.19. The Hall–Kier alpha value is -2.99. The molecule has 0 unspecified atom stereocenters. The minimum absolute atomic E-state index is 0.0213. The van der Waals surface area contributed by atoms with E-state index in [1.807, 2.05) is 14.1 Å². The Bertz CT molecular complexity index is 1240. The Kier molecular flexibility index (Phi) is 5.20. The molecule has 0 bridgehead atoms. The van der Waals surface area contributed by atoms with E-state index < -0.39 is 15.8 Å². The molecule has 1 aliphatic rings. The molecule has 1 fully saturated rings. The van der Waals surface area contributed by atoms with Crippen LogP contribution in [0.25, 0.3) is 11.1 Å². The number of anilines is 2. The smallest absolute Gasteiger partial charge is 0.408 e. The lowest BCUT2D eigenvalue weighted by molar-refractivity contribution is 0.528. The molecule has 3 aromatic rings. The van der Waals surface area contributed by atoms with Crippen molar-refractivity contribution in [3.8, 4) is 0 Å². The molecule has 30 heavy (non-hydrogen) atoms. The summed E-state index contributed by atoms with van der Waals surface area (Å²) in [5.74, 6) is 0.797. The standard InChI is InChI=1S/C18H23N7O4S/c1-23(2)16-20-15(21-17(22-16)25-8-4-5-9-25)11-19-30(27,28)12-6-7-14-13(10-12)24(3)18(26)29-14/h6-7,10,19H,4-5,8-9,11H2,1-3H3. The SMILES string of the molecule is CN(C)c1nc(CNS(=O)(=O)c2ccc3oc(=O)n(C)c3c2)nc(N2CCCC2)n1. The first kappa shape index (κ1) is 20.3. The second kappa shape index (κ2) is 7.69.